The minimum Gasteiger partial charge on any atom is -0.508 e. The first-order chi connectivity index (χ1) is 6.70. The number of halogens is 1. The van der Waals surface area contributed by atoms with Crippen LogP contribution < -0.4 is 5.32 Å². The van der Waals surface area contributed by atoms with E-state index in [-0.39, 0.29) is 11.6 Å². The molecule has 0 aliphatic rings. The number of rotatable bonds is 1. The number of fused-ring (bicyclic) bond motifs is 1. The number of hydrogen-bond acceptors (Lipinski definition) is 2. The zero-order valence-electron chi connectivity index (χ0n) is 7.71. The van der Waals surface area contributed by atoms with E-state index in [0.29, 0.717) is 5.39 Å². The first kappa shape index (κ1) is 8.81. The summed E-state index contributed by atoms with van der Waals surface area (Å²) in [6, 6.07) is 7.89. The maximum Gasteiger partial charge on any atom is 0.133 e. The molecule has 0 spiro atoms. The van der Waals surface area contributed by atoms with Crippen LogP contribution in [0.2, 0.25) is 0 Å². The van der Waals surface area contributed by atoms with Crippen molar-refractivity contribution < 1.29 is 9.50 Å². The molecule has 0 saturated heterocycles. The lowest BCUT2D eigenvalue weighted by Crippen LogP contribution is -1.89. The number of phenols is 1. The van der Waals surface area contributed by atoms with Gasteiger partial charge in [-0.25, -0.2) is 4.39 Å². The lowest BCUT2D eigenvalue weighted by atomic mass is 10.1. The summed E-state index contributed by atoms with van der Waals surface area (Å²) in [6.07, 6.45) is 0. The zero-order valence-corrected chi connectivity index (χ0v) is 7.71. The van der Waals surface area contributed by atoms with Gasteiger partial charge in [0, 0.05) is 18.1 Å². The van der Waals surface area contributed by atoms with Crippen LogP contribution in [0.25, 0.3) is 10.8 Å². The van der Waals surface area contributed by atoms with Gasteiger partial charge in [-0.15, -0.1) is 0 Å². The van der Waals surface area contributed by atoms with Crippen molar-refractivity contribution in [3.63, 3.8) is 0 Å². The van der Waals surface area contributed by atoms with E-state index in [9.17, 15) is 9.50 Å². The average molecular weight is 191 g/mol. The van der Waals surface area contributed by atoms with Gasteiger partial charge in [0.2, 0.25) is 0 Å². The van der Waals surface area contributed by atoms with E-state index >= 15 is 0 Å². The van der Waals surface area contributed by atoms with E-state index in [1.54, 1.807) is 19.2 Å². The minimum absolute atomic E-state index is 0.0774. The molecule has 0 aliphatic carbocycles. The average Bonchev–Trinajstić information content (AvgIpc) is 2.19. The molecule has 0 unspecified atom stereocenters. The van der Waals surface area contributed by atoms with E-state index in [4.69, 9.17) is 0 Å². The Bertz CT molecular complexity index is 482. The van der Waals surface area contributed by atoms with Crippen LogP contribution in [0, 0.1) is 5.82 Å². The second kappa shape index (κ2) is 3.18. The molecule has 0 saturated carbocycles. The summed E-state index contributed by atoms with van der Waals surface area (Å²) in [4.78, 5) is 0. The van der Waals surface area contributed by atoms with Gasteiger partial charge in [0.05, 0.1) is 0 Å². The maximum atomic E-state index is 13.5. The molecule has 0 bridgehead atoms. The molecule has 0 atom stereocenters. The molecule has 2 aromatic rings. The van der Waals surface area contributed by atoms with Gasteiger partial charge in [-0.3, -0.25) is 0 Å². The first-order valence-corrected chi connectivity index (χ1v) is 4.31. The van der Waals surface area contributed by atoms with Gasteiger partial charge in [-0.2, -0.15) is 0 Å². The van der Waals surface area contributed by atoms with Crippen molar-refractivity contribution in [1.82, 2.24) is 0 Å². The van der Waals surface area contributed by atoms with Gasteiger partial charge in [-0.1, -0.05) is 6.07 Å². The van der Waals surface area contributed by atoms with Crippen molar-refractivity contribution in [2.75, 3.05) is 12.4 Å². The van der Waals surface area contributed by atoms with E-state index in [0.717, 1.165) is 11.1 Å². The highest BCUT2D eigenvalue weighted by molar-refractivity contribution is 5.87. The summed E-state index contributed by atoms with van der Waals surface area (Å²) in [6.45, 7) is 0. The molecule has 72 valence electrons. The van der Waals surface area contributed by atoms with E-state index in [2.05, 4.69) is 5.32 Å². The third-order valence-corrected chi connectivity index (χ3v) is 2.18. The quantitative estimate of drug-likeness (QED) is 0.726. The number of aromatic hydroxyl groups is 1. The van der Waals surface area contributed by atoms with Crippen LogP contribution >= 0.6 is 0 Å². The van der Waals surface area contributed by atoms with Crippen LogP contribution in [0.5, 0.6) is 5.75 Å². The smallest absolute Gasteiger partial charge is 0.133 e. The summed E-state index contributed by atoms with van der Waals surface area (Å²) in [5.41, 5.74) is 0.723. The lowest BCUT2D eigenvalue weighted by molar-refractivity contribution is 0.476. The van der Waals surface area contributed by atoms with Crippen molar-refractivity contribution in [3.05, 3.63) is 36.1 Å². The number of anilines is 1. The highest BCUT2D eigenvalue weighted by Gasteiger charge is 2.03. The molecule has 14 heavy (non-hydrogen) atoms. The highest BCUT2D eigenvalue weighted by Crippen LogP contribution is 2.25. The molecular weight excluding hydrogens is 181 g/mol. The summed E-state index contributed by atoms with van der Waals surface area (Å²) in [5.74, 6) is -0.253. The fourth-order valence-electron chi connectivity index (χ4n) is 1.44. The lowest BCUT2D eigenvalue weighted by Gasteiger charge is -2.04. The van der Waals surface area contributed by atoms with Crippen LogP contribution in [-0.2, 0) is 0 Å². The Morgan fingerprint density at radius 3 is 2.71 bits per heavy atom. The standard InChI is InChI=1S/C11H10FNO/c1-13-8-4-7-2-3-9(14)6-10(7)11(12)5-8/h2-6,13-14H,1H3. The second-order valence-electron chi connectivity index (χ2n) is 3.11. The molecule has 2 N–H and O–H groups in total. The molecule has 2 rings (SSSR count). The van der Waals surface area contributed by atoms with Crippen molar-refractivity contribution >= 4 is 16.5 Å². The Morgan fingerprint density at radius 1 is 1.21 bits per heavy atom. The van der Waals surface area contributed by atoms with E-state index < -0.39 is 0 Å². The van der Waals surface area contributed by atoms with Gasteiger partial charge < -0.3 is 10.4 Å². The first-order valence-electron chi connectivity index (χ1n) is 4.31. The third kappa shape index (κ3) is 1.37. The molecule has 0 fully saturated rings. The summed E-state index contributed by atoms with van der Waals surface area (Å²) in [7, 11) is 1.74. The van der Waals surface area contributed by atoms with Gasteiger partial charge in [-0.05, 0) is 29.7 Å². The van der Waals surface area contributed by atoms with Crippen molar-refractivity contribution in [1.29, 1.82) is 0 Å². The monoisotopic (exact) mass is 191 g/mol. The van der Waals surface area contributed by atoms with Gasteiger partial charge in [0.1, 0.15) is 11.6 Å². The van der Waals surface area contributed by atoms with Crippen LogP contribution in [-0.4, -0.2) is 12.2 Å². The number of phenolic OH excluding ortho intramolecular Hbond substituents is 1. The van der Waals surface area contributed by atoms with Crippen molar-refractivity contribution in [2.45, 2.75) is 0 Å². The fraction of sp³-hybridized carbons (Fsp3) is 0.0909. The molecule has 0 heterocycles. The Kier molecular flexibility index (Phi) is 2.00. The predicted molar refractivity (Wildman–Crippen MR) is 55.1 cm³/mol. The number of nitrogens with one attached hydrogen (secondary N) is 1. The molecule has 2 aromatic carbocycles. The molecule has 0 aliphatic heterocycles. The third-order valence-electron chi connectivity index (χ3n) is 2.18. The SMILES string of the molecule is CNc1cc(F)c2cc(O)ccc2c1. The Labute approximate surface area is 81.0 Å². The van der Waals surface area contributed by atoms with E-state index in [1.807, 2.05) is 6.07 Å². The molecule has 2 nitrogen and oxygen atoms in total. The molecule has 0 aromatic heterocycles. The van der Waals surface area contributed by atoms with Crippen LogP contribution in [0.3, 0.4) is 0 Å². The molecule has 0 radical (unpaired) electrons. The summed E-state index contributed by atoms with van der Waals surface area (Å²) < 4.78 is 13.5. The van der Waals surface area contributed by atoms with Crippen LogP contribution in [0.4, 0.5) is 10.1 Å². The van der Waals surface area contributed by atoms with E-state index in [1.165, 1.54) is 12.1 Å². The highest BCUT2D eigenvalue weighted by atomic mass is 19.1. The van der Waals surface area contributed by atoms with Crippen molar-refractivity contribution in [3.8, 4) is 5.75 Å². The number of hydrogen-bond donors (Lipinski definition) is 2. The maximum absolute atomic E-state index is 13.5. The topological polar surface area (TPSA) is 32.3 Å². The zero-order chi connectivity index (χ0) is 10.1. The number of benzene rings is 2. The Morgan fingerprint density at radius 2 is 2.00 bits per heavy atom. The van der Waals surface area contributed by atoms with Gasteiger partial charge in [0.25, 0.3) is 0 Å². The van der Waals surface area contributed by atoms with Crippen LogP contribution in [0.15, 0.2) is 30.3 Å². The largest absolute Gasteiger partial charge is 0.508 e. The Hall–Kier alpha value is -1.77. The summed E-state index contributed by atoms with van der Waals surface area (Å²) >= 11 is 0. The second-order valence-corrected chi connectivity index (χ2v) is 3.11. The normalized spacial score (nSPS) is 10.4. The predicted octanol–water partition coefficient (Wildman–Crippen LogP) is 2.73. The fourth-order valence-corrected chi connectivity index (χ4v) is 1.44. The molecular formula is C11H10FNO. The van der Waals surface area contributed by atoms with Crippen LogP contribution in [0.1, 0.15) is 0 Å². The minimum atomic E-state index is -0.331. The van der Waals surface area contributed by atoms with Crippen molar-refractivity contribution in [2.24, 2.45) is 0 Å². The molecule has 0 amide bonds. The van der Waals surface area contributed by atoms with Gasteiger partial charge in [0.15, 0.2) is 0 Å². The Balaban J connectivity index is 2.76. The van der Waals surface area contributed by atoms with Gasteiger partial charge >= 0.3 is 0 Å². The summed E-state index contributed by atoms with van der Waals surface area (Å²) in [5, 5.41) is 13.3. The molecule has 3 heteroatoms.